The van der Waals surface area contributed by atoms with Gasteiger partial charge in [0.05, 0.1) is 7.11 Å². The minimum atomic E-state index is 0.219. The summed E-state index contributed by atoms with van der Waals surface area (Å²) in [6.07, 6.45) is 1.97. The first-order valence-corrected chi connectivity index (χ1v) is 5.77. The van der Waals surface area contributed by atoms with E-state index in [1.54, 1.807) is 7.11 Å². The molecule has 1 rings (SSSR count). The van der Waals surface area contributed by atoms with Gasteiger partial charge >= 0.3 is 0 Å². The zero-order valence-corrected chi connectivity index (χ0v) is 10.7. The van der Waals surface area contributed by atoms with Crippen molar-refractivity contribution >= 4 is 11.6 Å². The second-order valence-corrected chi connectivity index (χ2v) is 4.76. The van der Waals surface area contributed by atoms with Gasteiger partial charge in [-0.2, -0.15) is 0 Å². The molecule has 0 spiro atoms. The lowest BCUT2D eigenvalue weighted by molar-refractivity contribution is 0.405. The van der Waals surface area contributed by atoms with Gasteiger partial charge in [-0.25, -0.2) is 0 Å². The fourth-order valence-electron chi connectivity index (χ4n) is 1.68. The molecule has 0 aromatic heterocycles. The second-order valence-electron chi connectivity index (χ2n) is 4.02. The molecule has 0 bridgehead atoms. The van der Waals surface area contributed by atoms with E-state index in [1.807, 2.05) is 6.92 Å². The summed E-state index contributed by atoms with van der Waals surface area (Å²) >= 11 is 5.95. The summed E-state index contributed by atoms with van der Waals surface area (Å²) in [6.45, 7) is 6.22. The largest absolute Gasteiger partial charge is 0.496 e. The molecule has 0 aliphatic rings. The van der Waals surface area contributed by atoms with E-state index in [2.05, 4.69) is 26.0 Å². The third-order valence-electron chi connectivity index (χ3n) is 2.77. The van der Waals surface area contributed by atoms with Crippen LogP contribution in [0.15, 0.2) is 12.1 Å². The summed E-state index contributed by atoms with van der Waals surface area (Å²) < 4.78 is 5.45. The molecule has 0 aliphatic carbocycles. The third-order valence-corrected chi connectivity index (χ3v) is 2.99. The van der Waals surface area contributed by atoms with Crippen LogP contribution >= 0.6 is 11.6 Å². The first kappa shape index (κ1) is 12.4. The normalized spacial score (nSPS) is 12.6. The van der Waals surface area contributed by atoms with Gasteiger partial charge in [-0.1, -0.05) is 12.1 Å². The minimum absolute atomic E-state index is 0.219. The number of methoxy groups -OCH3 is 1. The fourth-order valence-corrected chi connectivity index (χ4v) is 1.79. The molecular weight excluding hydrogens is 208 g/mol. The Labute approximate surface area is 97.4 Å². The maximum atomic E-state index is 5.95. The van der Waals surface area contributed by atoms with Gasteiger partial charge in [-0.3, -0.25) is 0 Å². The predicted molar refractivity (Wildman–Crippen MR) is 66.1 cm³/mol. The SMILES string of the molecule is COc1c(CCC(C)Cl)ccc(C)c1C. The number of halogens is 1. The summed E-state index contributed by atoms with van der Waals surface area (Å²) in [5.41, 5.74) is 3.76. The number of ether oxygens (including phenoxy) is 1. The first-order chi connectivity index (χ1) is 7.06. The molecule has 1 aromatic rings. The zero-order valence-electron chi connectivity index (χ0n) is 9.93. The highest BCUT2D eigenvalue weighted by molar-refractivity contribution is 6.20. The summed E-state index contributed by atoms with van der Waals surface area (Å²) in [5.74, 6) is 1.02. The van der Waals surface area contributed by atoms with Crippen molar-refractivity contribution in [3.05, 3.63) is 28.8 Å². The molecule has 1 aromatic carbocycles. The second kappa shape index (κ2) is 5.41. The van der Waals surface area contributed by atoms with Crippen molar-refractivity contribution in [3.8, 4) is 5.75 Å². The minimum Gasteiger partial charge on any atom is -0.496 e. The van der Waals surface area contributed by atoms with Gasteiger partial charge in [0, 0.05) is 5.38 Å². The van der Waals surface area contributed by atoms with Crippen LogP contribution in [0.25, 0.3) is 0 Å². The van der Waals surface area contributed by atoms with Crippen LogP contribution in [0, 0.1) is 13.8 Å². The smallest absolute Gasteiger partial charge is 0.125 e. The third kappa shape index (κ3) is 3.13. The Balaban J connectivity index is 2.92. The van der Waals surface area contributed by atoms with Crippen molar-refractivity contribution in [2.45, 2.75) is 39.0 Å². The van der Waals surface area contributed by atoms with Crippen molar-refractivity contribution in [2.75, 3.05) is 7.11 Å². The lowest BCUT2D eigenvalue weighted by Crippen LogP contribution is -2.00. The highest BCUT2D eigenvalue weighted by Crippen LogP contribution is 2.27. The molecule has 84 valence electrons. The van der Waals surface area contributed by atoms with Gasteiger partial charge in [0.2, 0.25) is 0 Å². The number of hydrogen-bond donors (Lipinski definition) is 0. The van der Waals surface area contributed by atoms with E-state index >= 15 is 0 Å². The molecule has 0 heterocycles. The molecule has 0 N–H and O–H groups in total. The van der Waals surface area contributed by atoms with Crippen molar-refractivity contribution in [1.29, 1.82) is 0 Å². The molecule has 0 radical (unpaired) electrons. The van der Waals surface area contributed by atoms with Crippen LogP contribution in [-0.4, -0.2) is 12.5 Å². The Morgan fingerprint density at radius 2 is 2.00 bits per heavy atom. The number of hydrogen-bond acceptors (Lipinski definition) is 1. The van der Waals surface area contributed by atoms with Gasteiger partial charge in [0.15, 0.2) is 0 Å². The van der Waals surface area contributed by atoms with E-state index in [0.717, 1.165) is 18.6 Å². The van der Waals surface area contributed by atoms with E-state index < -0.39 is 0 Å². The first-order valence-electron chi connectivity index (χ1n) is 5.33. The highest BCUT2D eigenvalue weighted by Gasteiger charge is 2.09. The maximum absolute atomic E-state index is 5.95. The monoisotopic (exact) mass is 226 g/mol. The van der Waals surface area contributed by atoms with E-state index in [1.165, 1.54) is 16.7 Å². The molecular formula is C13H19ClO. The molecule has 1 unspecified atom stereocenters. The Morgan fingerprint density at radius 1 is 1.33 bits per heavy atom. The van der Waals surface area contributed by atoms with Gasteiger partial charge in [-0.15, -0.1) is 11.6 Å². The number of benzene rings is 1. The van der Waals surface area contributed by atoms with Gasteiger partial charge in [0.1, 0.15) is 5.75 Å². The van der Waals surface area contributed by atoms with E-state index in [0.29, 0.717) is 0 Å². The van der Waals surface area contributed by atoms with E-state index in [4.69, 9.17) is 16.3 Å². The lowest BCUT2D eigenvalue weighted by atomic mass is 10.0. The van der Waals surface area contributed by atoms with Crippen LogP contribution in [0.3, 0.4) is 0 Å². The number of rotatable bonds is 4. The predicted octanol–water partition coefficient (Wildman–Crippen LogP) is 3.87. The van der Waals surface area contributed by atoms with E-state index in [-0.39, 0.29) is 5.38 Å². The van der Waals surface area contributed by atoms with Crippen LogP contribution in [0.5, 0.6) is 5.75 Å². The molecule has 0 amide bonds. The molecule has 0 fully saturated rings. The van der Waals surface area contributed by atoms with Crippen LogP contribution in [-0.2, 0) is 6.42 Å². The summed E-state index contributed by atoms with van der Waals surface area (Å²) in [4.78, 5) is 0. The molecule has 15 heavy (non-hydrogen) atoms. The van der Waals surface area contributed by atoms with Crippen molar-refractivity contribution in [3.63, 3.8) is 0 Å². The average Bonchev–Trinajstić information content (AvgIpc) is 2.19. The molecule has 1 atom stereocenters. The van der Waals surface area contributed by atoms with Crippen molar-refractivity contribution in [2.24, 2.45) is 0 Å². The number of aryl methyl sites for hydroxylation is 2. The lowest BCUT2D eigenvalue weighted by Gasteiger charge is -2.13. The van der Waals surface area contributed by atoms with Crippen molar-refractivity contribution in [1.82, 2.24) is 0 Å². The fraction of sp³-hybridized carbons (Fsp3) is 0.538. The molecule has 0 saturated carbocycles. The average molecular weight is 227 g/mol. The Bertz CT molecular complexity index is 332. The molecule has 0 saturated heterocycles. The summed E-state index contributed by atoms with van der Waals surface area (Å²) in [7, 11) is 1.73. The van der Waals surface area contributed by atoms with Crippen LogP contribution in [0.4, 0.5) is 0 Å². The molecule has 0 aliphatic heterocycles. The Morgan fingerprint density at radius 3 is 2.53 bits per heavy atom. The molecule has 2 heteroatoms. The molecule has 1 nitrogen and oxygen atoms in total. The maximum Gasteiger partial charge on any atom is 0.125 e. The van der Waals surface area contributed by atoms with E-state index in [9.17, 15) is 0 Å². The van der Waals surface area contributed by atoms with Crippen molar-refractivity contribution < 1.29 is 4.74 Å². The van der Waals surface area contributed by atoms with Gasteiger partial charge in [0.25, 0.3) is 0 Å². The Hall–Kier alpha value is -0.690. The van der Waals surface area contributed by atoms with Crippen LogP contribution in [0.2, 0.25) is 0 Å². The van der Waals surface area contributed by atoms with Gasteiger partial charge in [-0.05, 0) is 50.3 Å². The summed E-state index contributed by atoms with van der Waals surface area (Å²) in [6, 6.07) is 4.28. The Kier molecular flexibility index (Phi) is 4.46. The zero-order chi connectivity index (χ0) is 11.4. The highest BCUT2D eigenvalue weighted by atomic mass is 35.5. The van der Waals surface area contributed by atoms with Crippen LogP contribution < -0.4 is 4.74 Å². The van der Waals surface area contributed by atoms with Gasteiger partial charge < -0.3 is 4.74 Å². The number of alkyl halides is 1. The van der Waals surface area contributed by atoms with Crippen LogP contribution in [0.1, 0.15) is 30.0 Å². The quantitative estimate of drug-likeness (QED) is 0.709. The summed E-state index contributed by atoms with van der Waals surface area (Å²) in [5, 5.41) is 0.219. The topological polar surface area (TPSA) is 9.23 Å². The standard InChI is InChI=1S/C13H19ClO/c1-9-5-7-12(8-6-10(2)14)13(15-4)11(9)3/h5,7,10H,6,8H2,1-4H3.